The molecule has 8 heteroatoms. The van der Waals surface area contributed by atoms with Gasteiger partial charge in [0.2, 0.25) is 0 Å². The number of hydrogen-bond donors (Lipinski definition) is 1. The summed E-state index contributed by atoms with van der Waals surface area (Å²) in [4.78, 5) is 26.8. The monoisotopic (exact) mass is 383 g/mol. The van der Waals surface area contributed by atoms with Gasteiger partial charge in [0.05, 0.1) is 15.5 Å². The molecule has 0 saturated carbocycles. The fourth-order valence-electron chi connectivity index (χ4n) is 2.31. The molecule has 7 nitrogen and oxygen atoms in total. The molecule has 0 aliphatic rings. The van der Waals surface area contributed by atoms with E-state index in [9.17, 15) is 14.9 Å². The van der Waals surface area contributed by atoms with Crippen molar-refractivity contribution < 1.29 is 14.5 Å². The molecule has 1 amide bonds. The lowest BCUT2D eigenvalue weighted by molar-refractivity contribution is -0.384. The summed E-state index contributed by atoms with van der Waals surface area (Å²) in [5, 5.41) is 13.7. The number of ether oxygens (including phenoxy) is 1. The van der Waals surface area contributed by atoms with Gasteiger partial charge < -0.3 is 10.1 Å². The number of nitrogens with one attached hydrogen (secondary N) is 1. The molecule has 3 rings (SSSR count). The van der Waals surface area contributed by atoms with Crippen LogP contribution in [-0.2, 0) is 6.61 Å². The second-order valence-electron chi connectivity index (χ2n) is 5.55. The molecule has 3 aromatic rings. The molecule has 2 aromatic carbocycles. The Morgan fingerprint density at radius 1 is 1.19 bits per heavy atom. The lowest BCUT2D eigenvalue weighted by Crippen LogP contribution is -2.13. The highest BCUT2D eigenvalue weighted by molar-refractivity contribution is 6.34. The summed E-state index contributed by atoms with van der Waals surface area (Å²) in [6.45, 7) is 0.335. The Labute approximate surface area is 159 Å². The van der Waals surface area contributed by atoms with E-state index in [0.29, 0.717) is 18.0 Å². The summed E-state index contributed by atoms with van der Waals surface area (Å²) >= 11 is 6.00. The minimum Gasteiger partial charge on any atom is -0.489 e. The van der Waals surface area contributed by atoms with E-state index in [-0.39, 0.29) is 16.3 Å². The zero-order valence-corrected chi connectivity index (χ0v) is 14.7. The average Bonchev–Trinajstić information content (AvgIpc) is 2.67. The van der Waals surface area contributed by atoms with Crippen LogP contribution in [0.4, 0.5) is 11.4 Å². The first kappa shape index (κ1) is 18.3. The zero-order chi connectivity index (χ0) is 19.2. The summed E-state index contributed by atoms with van der Waals surface area (Å²) < 4.78 is 5.69. The third kappa shape index (κ3) is 4.80. The molecule has 136 valence electrons. The molecule has 0 spiro atoms. The number of carbonyl (C=O) groups excluding carboxylic acids is 1. The third-order valence-electron chi connectivity index (χ3n) is 3.63. The average molecular weight is 384 g/mol. The Bertz CT molecular complexity index is 980. The molecular formula is C19H14ClN3O4. The maximum Gasteiger partial charge on any atom is 0.270 e. The van der Waals surface area contributed by atoms with Crippen molar-refractivity contribution >= 4 is 28.9 Å². The number of non-ortho nitro benzene ring substituents is 1. The van der Waals surface area contributed by atoms with Crippen LogP contribution in [0.2, 0.25) is 5.02 Å². The number of nitrogens with zero attached hydrogens (tertiary/aromatic N) is 2. The van der Waals surface area contributed by atoms with Crippen LogP contribution in [-0.4, -0.2) is 15.8 Å². The van der Waals surface area contributed by atoms with Gasteiger partial charge in [0.15, 0.2) is 0 Å². The largest absolute Gasteiger partial charge is 0.489 e. The second kappa shape index (κ2) is 8.29. The number of pyridine rings is 1. The normalized spacial score (nSPS) is 10.3. The van der Waals surface area contributed by atoms with Crippen LogP contribution in [0.3, 0.4) is 0 Å². The lowest BCUT2D eigenvalue weighted by atomic mass is 10.2. The van der Waals surface area contributed by atoms with E-state index in [0.717, 1.165) is 11.6 Å². The number of carbonyl (C=O) groups is 1. The number of benzene rings is 2. The molecule has 0 radical (unpaired) electrons. The Morgan fingerprint density at radius 3 is 2.78 bits per heavy atom. The number of anilines is 1. The van der Waals surface area contributed by atoms with Crippen LogP contribution in [0.1, 0.15) is 15.9 Å². The second-order valence-corrected chi connectivity index (χ2v) is 5.96. The molecule has 0 aliphatic heterocycles. The van der Waals surface area contributed by atoms with E-state index in [1.54, 1.807) is 36.7 Å². The van der Waals surface area contributed by atoms with Crippen molar-refractivity contribution in [2.75, 3.05) is 5.32 Å². The highest BCUT2D eigenvalue weighted by Gasteiger charge is 2.16. The maximum atomic E-state index is 12.4. The van der Waals surface area contributed by atoms with Crippen LogP contribution >= 0.6 is 11.6 Å². The van der Waals surface area contributed by atoms with Crippen molar-refractivity contribution in [2.24, 2.45) is 0 Å². The molecule has 0 unspecified atom stereocenters. The predicted molar refractivity (Wildman–Crippen MR) is 101 cm³/mol. The van der Waals surface area contributed by atoms with Crippen LogP contribution in [0, 0.1) is 10.1 Å². The molecule has 0 bridgehead atoms. The molecule has 1 aromatic heterocycles. The van der Waals surface area contributed by atoms with Crippen molar-refractivity contribution in [1.29, 1.82) is 0 Å². The van der Waals surface area contributed by atoms with Gasteiger partial charge in [-0.3, -0.25) is 19.9 Å². The Morgan fingerprint density at radius 2 is 2.04 bits per heavy atom. The van der Waals surface area contributed by atoms with E-state index in [1.165, 1.54) is 12.1 Å². The molecule has 0 aliphatic carbocycles. The van der Waals surface area contributed by atoms with E-state index in [2.05, 4.69) is 10.3 Å². The minimum atomic E-state index is -0.583. The van der Waals surface area contributed by atoms with Crippen molar-refractivity contribution in [3.05, 3.63) is 93.3 Å². The first-order valence-corrected chi connectivity index (χ1v) is 8.28. The highest BCUT2D eigenvalue weighted by atomic mass is 35.5. The van der Waals surface area contributed by atoms with Gasteiger partial charge >= 0.3 is 0 Å². The van der Waals surface area contributed by atoms with Gasteiger partial charge in [0.1, 0.15) is 12.4 Å². The summed E-state index contributed by atoms with van der Waals surface area (Å²) in [5.74, 6) is 0.00917. The Hall–Kier alpha value is -3.45. The number of aromatic nitrogens is 1. The molecular weight excluding hydrogens is 370 g/mol. The third-order valence-corrected chi connectivity index (χ3v) is 3.96. The van der Waals surface area contributed by atoms with E-state index >= 15 is 0 Å². The Kier molecular flexibility index (Phi) is 5.63. The number of amides is 1. The summed E-state index contributed by atoms with van der Waals surface area (Å²) in [7, 11) is 0. The molecule has 27 heavy (non-hydrogen) atoms. The van der Waals surface area contributed by atoms with Gasteiger partial charge in [0.25, 0.3) is 11.6 Å². The lowest BCUT2D eigenvalue weighted by Gasteiger charge is -2.10. The van der Waals surface area contributed by atoms with E-state index in [4.69, 9.17) is 16.3 Å². The SMILES string of the molecule is O=C(Nc1cccc(OCc2cccnc2)c1)c1cc([N+](=O)[O-])ccc1Cl. The van der Waals surface area contributed by atoms with Crippen LogP contribution in [0.25, 0.3) is 0 Å². The van der Waals surface area contributed by atoms with Gasteiger partial charge in [-0.05, 0) is 24.3 Å². The summed E-state index contributed by atoms with van der Waals surface area (Å²) in [6.07, 6.45) is 3.38. The van der Waals surface area contributed by atoms with Gasteiger partial charge in [-0.1, -0.05) is 23.7 Å². The first-order valence-electron chi connectivity index (χ1n) is 7.90. The van der Waals surface area contributed by atoms with E-state index in [1.807, 2.05) is 12.1 Å². The highest BCUT2D eigenvalue weighted by Crippen LogP contribution is 2.24. The van der Waals surface area contributed by atoms with E-state index < -0.39 is 10.8 Å². The number of hydrogen-bond acceptors (Lipinski definition) is 5. The number of rotatable bonds is 6. The molecule has 0 atom stereocenters. The smallest absolute Gasteiger partial charge is 0.270 e. The molecule has 0 saturated heterocycles. The van der Waals surface area contributed by atoms with Crippen LogP contribution in [0.5, 0.6) is 5.75 Å². The predicted octanol–water partition coefficient (Wildman–Crippen LogP) is 4.47. The van der Waals surface area contributed by atoms with Gasteiger partial charge in [0, 0.05) is 41.8 Å². The fourth-order valence-corrected chi connectivity index (χ4v) is 2.52. The first-order chi connectivity index (χ1) is 13.0. The van der Waals surface area contributed by atoms with Gasteiger partial charge in [-0.15, -0.1) is 0 Å². The van der Waals surface area contributed by atoms with Crippen molar-refractivity contribution in [1.82, 2.24) is 4.98 Å². The van der Waals surface area contributed by atoms with Crippen molar-refractivity contribution in [3.63, 3.8) is 0 Å². The Balaban J connectivity index is 1.71. The number of nitro groups is 1. The van der Waals surface area contributed by atoms with Crippen LogP contribution < -0.4 is 10.1 Å². The van der Waals surface area contributed by atoms with Gasteiger partial charge in [-0.2, -0.15) is 0 Å². The quantitative estimate of drug-likeness (QED) is 0.500. The molecule has 0 fully saturated rings. The molecule has 1 heterocycles. The minimum absolute atomic E-state index is 0.0209. The summed E-state index contributed by atoms with van der Waals surface area (Å²) in [5.41, 5.74) is 1.20. The number of halogens is 1. The fraction of sp³-hybridized carbons (Fsp3) is 0.0526. The summed E-state index contributed by atoms with van der Waals surface area (Å²) in [6, 6.07) is 14.2. The topological polar surface area (TPSA) is 94.4 Å². The number of nitro benzene ring substituents is 1. The maximum absolute atomic E-state index is 12.4. The van der Waals surface area contributed by atoms with Crippen molar-refractivity contribution in [2.45, 2.75) is 6.61 Å². The van der Waals surface area contributed by atoms with Gasteiger partial charge in [-0.25, -0.2) is 0 Å². The molecule has 1 N–H and O–H groups in total. The van der Waals surface area contributed by atoms with Crippen LogP contribution in [0.15, 0.2) is 67.0 Å². The zero-order valence-electron chi connectivity index (χ0n) is 14.0. The standard InChI is InChI=1S/C19H14ClN3O4/c20-18-7-6-15(23(25)26)10-17(18)19(24)22-14-4-1-5-16(9-14)27-12-13-3-2-8-21-11-13/h1-11H,12H2,(H,22,24). The van der Waals surface area contributed by atoms with Crippen molar-refractivity contribution in [3.8, 4) is 5.75 Å².